The Labute approximate surface area is 288 Å². The van der Waals surface area contributed by atoms with Crippen molar-refractivity contribution < 1.29 is 19.2 Å². The van der Waals surface area contributed by atoms with E-state index in [4.69, 9.17) is 52.1 Å². The summed E-state index contributed by atoms with van der Waals surface area (Å²) in [7, 11) is 0. The average Bonchev–Trinajstić information content (AvgIpc) is 3.08. The van der Waals surface area contributed by atoms with E-state index in [1.54, 1.807) is 43.0 Å². The number of Topliss-reactive ketones (excluding diaryl/α,β-unsaturated/α-hetero) is 1. The highest BCUT2D eigenvalue weighted by atomic mass is 35.5. The van der Waals surface area contributed by atoms with Gasteiger partial charge in [0.25, 0.3) is 0 Å². The lowest BCUT2D eigenvalue weighted by molar-refractivity contribution is -0.137. The van der Waals surface area contributed by atoms with Gasteiger partial charge in [-0.3, -0.25) is 24.1 Å². The van der Waals surface area contributed by atoms with Crippen molar-refractivity contribution >= 4 is 97.0 Å². The minimum Gasteiger partial charge on any atom is -0.397 e. The summed E-state index contributed by atoms with van der Waals surface area (Å²) in [5, 5.41) is 3.08. The highest BCUT2D eigenvalue weighted by Crippen LogP contribution is 2.38. The van der Waals surface area contributed by atoms with Crippen molar-refractivity contribution in [1.29, 1.82) is 0 Å². The van der Waals surface area contributed by atoms with Crippen molar-refractivity contribution in [2.75, 3.05) is 16.0 Å². The van der Waals surface area contributed by atoms with Crippen LogP contribution in [-0.4, -0.2) is 22.2 Å². The number of benzene rings is 4. The highest BCUT2D eigenvalue weighted by Gasteiger charge is 2.43. The standard InChI is InChI=1S/C18H16ClNO2.C12H11ClN2.C5H6Cl2O2/c1-18(2)16(21)11-12-5-3-4-6-15(12)20(17(18)22)14-9-7-13(19)8-10-14;13-9-5-7-10(8-6-9)15-12-4-2-1-3-11(12)14;1-5(2,3(6)8)4(7)9/h3-10H,11H2,1-2H3;1-8,15H,14H2;1-2H3. The fourth-order valence-electron chi connectivity index (χ4n) is 4.00. The molecule has 0 saturated carbocycles. The number of halogens is 4. The van der Waals surface area contributed by atoms with Crippen LogP contribution >= 0.6 is 46.4 Å². The Balaban J connectivity index is 0.000000208. The first kappa shape index (κ1) is 36.6. The van der Waals surface area contributed by atoms with Crippen molar-refractivity contribution in [3.05, 3.63) is 113 Å². The molecule has 0 aliphatic carbocycles. The maximum Gasteiger partial charge on any atom is 0.244 e. The third-order valence-corrected chi connectivity index (χ3v) is 8.62. The molecular formula is C35H33Cl4N3O4. The van der Waals surface area contributed by atoms with Gasteiger partial charge in [-0.15, -0.1) is 0 Å². The number of nitrogens with one attached hydrogen (secondary N) is 1. The lowest BCUT2D eigenvalue weighted by Gasteiger charge is -2.28. The predicted molar refractivity (Wildman–Crippen MR) is 189 cm³/mol. The van der Waals surface area contributed by atoms with Crippen LogP contribution in [0.5, 0.6) is 0 Å². The largest absolute Gasteiger partial charge is 0.397 e. The van der Waals surface area contributed by atoms with Crippen LogP contribution in [-0.2, 0) is 25.6 Å². The number of hydrogen-bond acceptors (Lipinski definition) is 6. The minimum absolute atomic E-state index is 0.0681. The molecule has 0 unspecified atom stereocenters. The molecule has 0 radical (unpaired) electrons. The number of hydrogen-bond donors (Lipinski definition) is 2. The SMILES string of the molecule is CC(C)(C(=O)Cl)C(=O)Cl.CC1(C)C(=O)Cc2ccccc2N(c2ccc(Cl)cc2)C1=O.Nc1ccccc1Nc1ccc(Cl)cc1. The number of nitrogen functional groups attached to an aromatic ring is 1. The summed E-state index contributed by atoms with van der Waals surface area (Å²) in [5.41, 5.74) is 8.44. The van der Waals surface area contributed by atoms with Crippen molar-refractivity contribution in [1.82, 2.24) is 0 Å². The molecule has 240 valence electrons. The van der Waals surface area contributed by atoms with E-state index in [9.17, 15) is 19.2 Å². The molecule has 7 nitrogen and oxygen atoms in total. The van der Waals surface area contributed by atoms with Gasteiger partial charge in [-0.05, 0) is 123 Å². The zero-order chi connectivity index (χ0) is 34.2. The molecule has 46 heavy (non-hydrogen) atoms. The summed E-state index contributed by atoms with van der Waals surface area (Å²) < 4.78 is 0. The van der Waals surface area contributed by atoms with Crippen LogP contribution in [0.3, 0.4) is 0 Å². The second-order valence-corrected chi connectivity index (χ2v) is 12.9. The summed E-state index contributed by atoms with van der Waals surface area (Å²) in [4.78, 5) is 47.8. The third-order valence-electron chi connectivity index (χ3n) is 7.17. The van der Waals surface area contributed by atoms with E-state index in [1.165, 1.54) is 13.8 Å². The first-order valence-electron chi connectivity index (χ1n) is 14.0. The number of amides is 1. The number of anilines is 5. The molecule has 0 atom stereocenters. The van der Waals surface area contributed by atoms with Gasteiger partial charge in [0.1, 0.15) is 10.8 Å². The number of nitrogens with zero attached hydrogens (tertiary/aromatic N) is 1. The zero-order valence-electron chi connectivity index (χ0n) is 25.6. The van der Waals surface area contributed by atoms with Crippen molar-refractivity contribution in [3.63, 3.8) is 0 Å². The molecule has 4 aromatic carbocycles. The quantitative estimate of drug-likeness (QED) is 0.122. The Kier molecular flexibility index (Phi) is 12.4. The Morgan fingerprint density at radius 2 is 1.28 bits per heavy atom. The fourth-order valence-corrected chi connectivity index (χ4v) is 4.48. The number of nitrogens with two attached hydrogens (primary N) is 1. The Hall–Kier alpha value is -3.88. The van der Waals surface area contributed by atoms with Crippen LogP contribution in [0.4, 0.5) is 28.4 Å². The Bertz CT molecular complexity index is 1710. The van der Waals surface area contributed by atoms with E-state index in [-0.39, 0.29) is 18.1 Å². The normalized spacial score (nSPS) is 13.6. The molecular weight excluding hydrogens is 668 g/mol. The molecule has 0 spiro atoms. The Morgan fingerprint density at radius 1 is 0.783 bits per heavy atom. The second kappa shape index (κ2) is 15.6. The molecule has 1 heterocycles. The smallest absolute Gasteiger partial charge is 0.244 e. The molecule has 5 rings (SSSR count). The summed E-state index contributed by atoms with van der Waals surface area (Å²) in [6, 6.07) is 29.7. The van der Waals surface area contributed by atoms with Gasteiger partial charge in [0, 0.05) is 27.8 Å². The van der Waals surface area contributed by atoms with Gasteiger partial charge in [-0.2, -0.15) is 0 Å². The summed E-state index contributed by atoms with van der Waals surface area (Å²) >= 11 is 21.8. The van der Waals surface area contributed by atoms with Crippen molar-refractivity contribution in [2.24, 2.45) is 10.8 Å². The van der Waals surface area contributed by atoms with Crippen LogP contribution < -0.4 is 16.0 Å². The predicted octanol–water partition coefficient (Wildman–Crippen LogP) is 9.37. The number of carbonyl (C=O) groups excluding carboxylic acids is 4. The molecule has 1 amide bonds. The minimum atomic E-state index is -1.25. The summed E-state index contributed by atoms with van der Waals surface area (Å²) in [5.74, 6) is -0.286. The zero-order valence-corrected chi connectivity index (χ0v) is 28.6. The molecule has 0 bridgehead atoms. The molecule has 1 aliphatic heterocycles. The van der Waals surface area contributed by atoms with E-state index in [1.807, 2.05) is 72.8 Å². The van der Waals surface area contributed by atoms with Gasteiger partial charge in [0.2, 0.25) is 16.4 Å². The number of fused-ring (bicyclic) bond motifs is 1. The van der Waals surface area contributed by atoms with Crippen LogP contribution in [0.25, 0.3) is 0 Å². The van der Waals surface area contributed by atoms with Crippen LogP contribution in [0.15, 0.2) is 97.1 Å². The van der Waals surface area contributed by atoms with E-state index < -0.39 is 21.3 Å². The number of ketones is 1. The highest BCUT2D eigenvalue weighted by molar-refractivity contribution is 6.74. The molecule has 3 N–H and O–H groups in total. The second-order valence-electron chi connectivity index (χ2n) is 11.4. The number of carbonyl (C=O) groups is 4. The molecule has 0 fully saturated rings. The lowest BCUT2D eigenvalue weighted by atomic mass is 9.85. The molecule has 1 aliphatic rings. The molecule has 0 aromatic heterocycles. The molecule has 0 saturated heterocycles. The van der Waals surface area contributed by atoms with Crippen LogP contribution in [0.2, 0.25) is 10.0 Å². The monoisotopic (exact) mass is 699 g/mol. The van der Waals surface area contributed by atoms with Crippen LogP contribution in [0.1, 0.15) is 33.3 Å². The molecule has 4 aromatic rings. The van der Waals surface area contributed by atoms with Gasteiger partial charge >= 0.3 is 0 Å². The lowest BCUT2D eigenvalue weighted by Crippen LogP contribution is -2.41. The summed E-state index contributed by atoms with van der Waals surface area (Å²) in [6.45, 7) is 6.12. The third kappa shape index (κ3) is 9.10. The van der Waals surface area contributed by atoms with Gasteiger partial charge in [0.15, 0.2) is 5.78 Å². The average molecular weight is 701 g/mol. The van der Waals surface area contributed by atoms with Crippen molar-refractivity contribution in [2.45, 2.75) is 34.1 Å². The summed E-state index contributed by atoms with van der Waals surface area (Å²) in [6.07, 6.45) is 0.263. The first-order valence-corrected chi connectivity index (χ1v) is 15.5. The van der Waals surface area contributed by atoms with Gasteiger partial charge in [0.05, 0.1) is 17.1 Å². The van der Waals surface area contributed by atoms with E-state index in [0.717, 1.165) is 33.3 Å². The van der Waals surface area contributed by atoms with E-state index >= 15 is 0 Å². The maximum absolute atomic E-state index is 13.0. The van der Waals surface area contributed by atoms with Gasteiger partial charge in [-0.1, -0.05) is 53.5 Å². The fraction of sp³-hybridized carbons (Fsp3) is 0.200. The van der Waals surface area contributed by atoms with Gasteiger partial charge < -0.3 is 11.1 Å². The number of rotatable bonds is 5. The molecule has 11 heteroatoms. The number of para-hydroxylation sites is 3. The maximum atomic E-state index is 13.0. The first-order chi connectivity index (χ1) is 21.5. The van der Waals surface area contributed by atoms with Crippen LogP contribution in [0, 0.1) is 10.8 Å². The van der Waals surface area contributed by atoms with Gasteiger partial charge in [-0.25, -0.2) is 0 Å². The topological polar surface area (TPSA) is 110 Å². The van der Waals surface area contributed by atoms with E-state index in [2.05, 4.69) is 5.32 Å². The van der Waals surface area contributed by atoms with Crippen molar-refractivity contribution in [3.8, 4) is 0 Å². The van der Waals surface area contributed by atoms with E-state index in [0.29, 0.717) is 10.7 Å². The Morgan fingerprint density at radius 3 is 1.80 bits per heavy atom.